The van der Waals surface area contributed by atoms with Crippen LogP contribution in [0.5, 0.6) is 0 Å². The summed E-state index contributed by atoms with van der Waals surface area (Å²) in [4.78, 5) is 30.7. The van der Waals surface area contributed by atoms with Crippen LogP contribution in [0.15, 0.2) is 54.6 Å². The van der Waals surface area contributed by atoms with Gasteiger partial charge in [-0.3, -0.25) is 9.78 Å². The summed E-state index contributed by atoms with van der Waals surface area (Å²) in [7, 11) is 0. The monoisotopic (exact) mass is 444 g/mol. The van der Waals surface area contributed by atoms with Gasteiger partial charge in [-0.05, 0) is 54.7 Å². The van der Waals surface area contributed by atoms with E-state index in [1.165, 1.54) is 0 Å². The molecule has 0 bridgehead atoms. The Labute approximate surface area is 195 Å². The molecule has 0 saturated heterocycles. The van der Waals surface area contributed by atoms with Crippen molar-refractivity contribution in [3.05, 3.63) is 77.0 Å². The summed E-state index contributed by atoms with van der Waals surface area (Å²) in [5.74, 6) is -0.323. The van der Waals surface area contributed by atoms with Gasteiger partial charge in [0.25, 0.3) is 5.91 Å². The second-order valence-electron chi connectivity index (χ2n) is 10.0. The number of aryl methyl sites for hydroxylation is 1. The number of benzene rings is 2. The first-order valence-corrected chi connectivity index (χ1v) is 11.7. The number of nitrogens with one attached hydrogen (secondary N) is 1. The van der Waals surface area contributed by atoms with Crippen molar-refractivity contribution >= 4 is 22.8 Å². The van der Waals surface area contributed by atoms with Gasteiger partial charge in [-0.2, -0.15) is 0 Å². The number of carbonyl (C=O) groups is 2. The molecule has 1 N–H and O–H groups in total. The number of amides is 1. The Bertz CT molecular complexity index is 1160. The molecule has 0 radical (unpaired) electrons. The third-order valence-corrected chi connectivity index (χ3v) is 6.70. The van der Waals surface area contributed by atoms with Crippen LogP contribution in [0.3, 0.4) is 0 Å². The molecule has 0 unspecified atom stereocenters. The second-order valence-corrected chi connectivity index (χ2v) is 10.0. The van der Waals surface area contributed by atoms with Crippen LogP contribution in [0.2, 0.25) is 0 Å². The molecule has 5 heteroatoms. The number of carbonyl (C=O) groups excluding carboxylic acids is 2. The Kier molecular flexibility index (Phi) is 6.50. The number of hydrogen-bond donors (Lipinski definition) is 1. The van der Waals surface area contributed by atoms with Crippen LogP contribution in [-0.2, 0) is 22.4 Å². The standard InChI is InChI=1S/C28H32N2O3/c1-18(19-10-6-5-7-11-19)29-25(31)17-33-27(32)26-21-12-8-9-13-23(21)30-24-15-14-20(16-22(24)26)28(2,3)4/h5-13,18,20H,14-17H2,1-4H3,(H,29,31)/t18-,20-/m0/s1. The van der Waals surface area contributed by atoms with Crippen LogP contribution in [0, 0.1) is 11.3 Å². The summed E-state index contributed by atoms with van der Waals surface area (Å²) in [6, 6.07) is 17.2. The van der Waals surface area contributed by atoms with Gasteiger partial charge in [0.05, 0.1) is 17.1 Å². The number of fused-ring (bicyclic) bond motifs is 2. The molecule has 0 aliphatic heterocycles. The van der Waals surface area contributed by atoms with Gasteiger partial charge in [-0.25, -0.2) is 4.79 Å². The number of rotatable bonds is 5. The molecular weight excluding hydrogens is 412 g/mol. The highest BCUT2D eigenvalue weighted by molar-refractivity contribution is 6.05. The Hall–Kier alpha value is -3.21. The minimum atomic E-state index is -0.457. The van der Waals surface area contributed by atoms with E-state index in [0.29, 0.717) is 11.5 Å². The minimum absolute atomic E-state index is 0.137. The second kappa shape index (κ2) is 9.34. The van der Waals surface area contributed by atoms with Crippen molar-refractivity contribution in [2.75, 3.05) is 6.61 Å². The summed E-state index contributed by atoms with van der Waals surface area (Å²) in [6.07, 6.45) is 2.69. The molecule has 1 heterocycles. The Morgan fingerprint density at radius 2 is 1.79 bits per heavy atom. The highest BCUT2D eigenvalue weighted by Crippen LogP contribution is 2.39. The molecule has 5 nitrogen and oxygen atoms in total. The molecule has 1 aromatic heterocycles. The SMILES string of the molecule is C[C@H](NC(=O)COC(=O)c1c2c(nc3ccccc13)CC[C@H](C(C)(C)C)C2)c1ccccc1. The maximum atomic E-state index is 13.3. The minimum Gasteiger partial charge on any atom is -0.452 e. The maximum Gasteiger partial charge on any atom is 0.339 e. The Morgan fingerprint density at radius 3 is 2.52 bits per heavy atom. The highest BCUT2D eigenvalue weighted by atomic mass is 16.5. The molecule has 2 atom stereocenters. The molecule has 1 amide bonds. The normalized spacial score (nSPS) is 16.7. The number of para-hydroxylation sites is 1. The molecule has 1 aliphatic carbocycles. The number of pyridine rings is 1. The molecule has 0 spiro atoms. The van der Waals surface area contributed by atoms with Crippen molar-refractivity contribution in [1.29, 1.82) is 0 Å². The molecule has 0 saturated carbocycles. The zero-order valence-electron chi connectivity index (χ0n) is 19.9. The lowest BCUT2D eigenvalue weighted by Gasteiger charge is -2.35. The van der Waals surface area contributed by atoms with Gasteiger partial charge in [-0.15, -0.1) is 0 Å². The van der Waals surface area contributed by atoms with Crippen LogP contribution < -0.4 is 5.32 Å². The van der Waals surface area contributed by atoms with Crippen LogP contribution in [-0.4, -0.2) is 23.5 Å². The van der Waals surface area contributed by atoms with Crippen molar-refractivity contribution < 1.29 is 14.3 Å². The first-order valence-electron chi connectivity index (χ1n) is 11.7. The van der Waals surface area contributed by atoms with Gasteiger partial charge in [0, 0.05) is 11.1 Å². The van der Waals surface area contributed by atoms with E-state index >= 15 is 0 Å². The molecule has 33 heavy (non-hydrogen) atoms. The van der Waals surface area contributed by atoms with Crippen LogP contribution in [0.1, 0.15) is 67.3 Å². The molecule has 4 rings (SSSR count). The predicted octanol–water partition coefficient (Wildman–Crippen LogP) is 5.42. The van der Waals surface area contributed by atoms with E-state index in [1.807, 2.05) is 61.5 Å². The van der Waals surface area contributed by atoms with Crippen molar-refractivity contribution in [3.63, 3.8) is 0 Å². The summed E-state index contributed by atoms with van der Waals surface area (Å²) in [5.41, 5.74) is 4.44. The highest BCUT2D eigenvalue weighted by Gasteiger charge is 2.33. The smallest absolute Gasteiger partial charge is 0.339 e. The van der Waals surface area contributed by atoms with E-state index in [1.54, 1.807) is 0 Å². The van der Waals surface area contributed by atoms with Crippen molar-refractivity contribution in [3.8, 4) is 0 Å². The van der Waals surface area contributed by atoms with Crippen LogP contribution in [0.4, 0.5) is 0 Å². The predicted molar refractivity (Wildman–Crippen MR) is 130 cm³/mol. The zero-order chi connectivity index (χ0) is 23.6. The fourth-order valence-electron chi connectivity index (χ4n) is 4.67. The van der Waals surface area contributed by atoms with Gasteiger partial charge in [-0.1, -0.05) is 69.3 Å². The van der Waals surface area contributed by atoms with Gasteiger partial charge >= 0.3 is 5.97 Å². The van der Waals surface area contributed by atoms with Gasteiger partial charge in [0.2, 0.25) is 0 Å². The van der Waals surface area contributed by atoms with Gasteiger partial charge in [0.15, 0.2) is 6.61 Å². The van der Waals surface area contributed by atoms with Crippen LogP contribution in [0.25, 0.3) is 10.9 Å². The molecule has 2 aromatic carbocycles. The van der Waals surface area contributed by atoms with E-state index in [-0.39, 0.29) is 24.0 Å². The Balaban J connectivity index is 1.55. The van der Waals surface area contributed by atoms with Crippen molar-refractivity contribution in [2.45, 2.75) is 53.0 Å². The average Bonchev–Trinajstić information content (AvgIpc) is 2.80. The zero-order valence-corrected chi connectivity index (χ0v) is 19.9. The number of esters is 1. The third kappa shape index (κ3) is 5.08. The van der Waals surface area contributed by atoms with E-state index in [2.05, 4.69) is 26.1 Å². The number of hydrogen-bond acceptors (Lipinski definition) is 4. The summed E-state index contributed by atoms with van der Waals surface area (Å²) in [5, 5.41) is 3.69. The van der Waals surface area contributed by atoms with Gasteiger partial charge < -0.3 is 10.1 Å². The lowest BCUT2D eigenvalue weighted by atomic mass is 9.70. The van der Waals surface area contributed by atoms with E-state index < -0.39 is 5.97 Å². The van der Waals surface area contributed by atoms with Gasteiger partial charge in [0.1, 0.15) is 0 Å². The van der Waals surface area contributed by atoms with Crippen molar-refractivity contribution in [1.82, 2.24) is 10.3 Å². The molecule has 0 fully saturated rings. The summed E-state index contributed by atoms with van der Waals surface area (Å²) < 4.78 is 5.54. The third-order valence-electron chi connectivity index (χ3n) is 6.70. The molecule has 172 valence electrons. The maximum absolute atomic E-state index is 13.3. The molecular formula is C28H32N2O3. The quantitative estimate of drug-likeness (QED) is 0.534. The van der Waals surface area contributed by atoms with E-state index in [0.717, 1.165) is 47.0 Å². The topological polar surface area (TPSA) is 68.3 Å². The summed E-state index contributed by atoms with van der Waals surface area (Å²) in [6.45, 7) is 8.33. The first kappa shape index (κ1) is 23.0. The number of ether oxygens (including phenoxy) is 1. The van der Waals surface area contributed by atoms with E-state index in [4.69, 9.17) is 9.72 Å². The van der Waals surface area contributed by atoms with Crippen LogP contribution >= 0.6 is 0 Å². The molecule has 1 aliphatic rings. The lowest BCUT2D eigenvalue weighted by molar-refractivity contribution is -0.124. The number of aromatic nitrogens is 1. The fraction of sp³-hybridized carbons (Fsp3) is 0.393. The molecule has 3 aromatic rings. The van der Waals surface area contributed by atoms with E-state index in [9.17, 15) is 9.59 Å². The average molecular weight is 445 g/mol. The largest absolute Gasteiger partial charge is 0.452 e. The lowest BCUT2D eigenvalue weighted by Crippen LogP contribution is -2.32. The number of nitrogens with zero attached hydrogens (tertiary/aromatic N) is 1. The first-order chi connectivity index (χ1) is 15.7. The Morgan fingerprint density at radius 1 is 1.09 bits per heavy atom. The summed E-state index contributed by atoms with van der Waals surface area (Å²) >= 11 is 0. The van der Waals surface area contributed by atoms with Crippen molar-refractivity contribution in [2.24, 2.45) is 11.3 Å². The fourth-order valence-corrected chi connectivity index (χ4v) is 4.67.